The van der Waals surface area contributed by atoms with Crippen LogP contribution in [0.3, 0.4) is 0 Å². The maximum Gasteiger partial charge on any atom is 0.293 e. The minimum atomic E-state index is 0.00738. The molecule has 0 spiro atoms. The van der Waals surface area contributed by atoms with Crippen molar-refractivity contribution in [3.05, 3.63) is 18.2 Å². The lowest BCUT2D eigenvalue weighted by Gasteiger charge is -2.40. The summed E-state index contributed by atoms with van der Waals surface area (Å²) in [6.45, 7) is 4.98. The molecular weight excluding hydrogens is 248 g/mol. The first kappa shape index (κ1) is 13.2. The van der Waals surface area contributed by atoms with Crippen LogP contribution in [0.1, 0.15) is 19.8 Å². The van der Waals surface area contributed by atoms with Crippen LogP contribution in [0.5, 0.6) is 0 Å². The average Bonchev–Trinajstić information content (AvgIpc) is 2.37. The fraction of sp³-hybridized carbons (Fsp3) is 0.538. The van der Waals surface area contributed by atoms with Crippen molar-refractivity contribution < 1.29 is 9.53 Å². The number of thiol groups is 1. The Kier molecular flexibility index (Phi) is 4.11. The summed E-state index contributed by atoms with van der Waals surface area (Å²) >= 11 is 4.26. The van der Waals surface area contributed by atoms with Crippen LogP contribution in [0.15, 0.2) is 23.2 Å². The van der Waals surface area contributed by atoms with E-state index in [1.807, 2.05) is 18.2 Å². The molecule has 0 bridgehead atoms. The number of ether oxygens (including phenoxy) is 1. The minimum absolute atomic E-state index is 0.00738. The number of aromatic nitrogens is 1. The molecule has 1 saturated heterocycles. The molecule has 18 heavy (non-hydrogen) atoms. The summed E-state index contributed by atoms with van der Waals surface area (Å²) in [7, 11) is 0. The number of piperidine rings is 1. The van der Waals surface area contributed by atoms with E-state index in [1.54, 1.807) is 0 Å². The summed E-state index contributed by atoms with van der Waals surface area (Å²) < 4.78 is 4.94. The molecule has 2 heterocycles. The normalized spacial score (nSPS) is 23.8. The summed E-state index contributed by atoms with van der Waals surface area (Å²) in [6.07, 6.45) is 2.15. The van der Waals surface area contributed by atoms with Crippen LogP contribution < -0.4 is 4.90 Å². The van der Waals surface area contributed by atoms with E-state index in [4.69, 9.17) is 4.74 Å². The Morgan fingerprint density at radius 2 is 2.44 bits per heavy atom. The molecule has 5 heteroatoms. The number of carbonyl (C=O) groups excluding carboxylic acids is 1. The highest BCUT2D eigenvalue weighted by Gasteiger charge is 2.32. The molecule has 1 fully saturated rings. The van der Waals surface area contributed by atoms with Gasteiger partial charge in [-0.3, -0.25) is 4.79 Å². The number of carbonyl (C=O) groups is 1. The smallest absolute Gasteiger partial charge is 0.293 e. The zero-order valence-corrected chi connectivity index (χ0v) is 11.4. The maximum atomic E-state index is 10.3. The van der Waals surface area contributed by atoms with Crippen molar-refractivity contribution in [1.29, 1.82) is 0 Å². The fourth-order valence-electron chi connectivity index (χ4n) is 2.45. The predicted molar refractivity (Wildman–Crippen MR) is 73.1 cm³/mol. The van der Waals surface area contributed by atoms with E-state index < -0.39 is 0 Å². The van der Waals surface area contributed by atoms with Crippen molar-refractivity contribution in [1.82, 2.24) is 4.98 Å². The highest BCUT2D eigenvalue weighted by molar-refractivity contribution is 7.80. The lowest BCUT2D eigenvalue weighted by atomic mass is 9.83. The third-order valence-electron chi connectivity index (χ3n) is 3.32. The topological polar surface area (TPSA) is 42.4 Å². The Hall–Kier alpha value is -1.23. The van der Waals surface area contributed by atoms with Gasteiger partial charge in [-0.15, -0.1) is 12.6 Å². The quantitative estimate of drug-likeness (QED) is 0.670. The molecule has 0 unspecified atom stereocenters. The highest BCUT2D eigenvalue weighted by Crippen LogP contribution is 2.31. The van der Waals surface area contributed by atoms with Gasteiger partial charge in [0.25, 0.3) is 6.47 Å². The number of anilines is 1. The molecule has 0 saturated carbocycles. The van der Waals surface area contributed by atoms with Gasteiger partial charge < -0.3 is 9.64 Å². The highest BCUT2D eigenvalue weighted by atomic mass is 32.1. The van der Waals surface area contributed by atoms with Gasteiger partial charge in [0.2, 0.25) is 0 Å². The molecule has 0 aliphatic carbocycles. The Morgan fingerprint density at radius 1 is 1.61 bits per heavy atom. The Balaban J connectivity index is 2.08. The monoisotopic (exact) mass is 266 g/mol. The van der Waals surface area contributed by atoms with E-state index in [9.17, 15) is 4.79 Å². The Labute approximate surface area is 113 Å². The zero-order chi connectivity index (χ0) is 13.0. The molecule has 4 nitrogen and oxygen atoms in total. The first-order valence-corrected chi connectivity index (χ1v) is 6.54. The molecule has 98 valence electrons. The number of pyridine rings is 1. The Morgan fingerprint density at radius 3 is 3.17 bits per heavy atom. The summed E-state index contributed by atoms with van der Waals surface area (Å²) in [5, 5.41) is 0.726. The molecule has 2 rings (SSSR count). The van der Waals surface area contributed by atoms with Crippen molar-refractivity contribution in [3.8, 4) is 0 Å². The van der Waals surface area contributed by atoms with Crippen LogP contribution in [-0.4, -0.2) is 31.2 Å². The molecular formula is C13H18N2O2S. The van der Waals surface area contributed by atoms with Gasteiger partial charge in [-0.1, -0.05) is 13.0 Å². The molecule has 0 amide bonds. The van der Waals surface area contributed by atoms with Gasteiger partial charge in [0.15, 0.2) is 0 Å². The lowest BCUT2D eigenvalue weighted by molar-refractivity contribution is -0.132. The average molecular weight is 266 g/mol. The second kappa shape index (κ2) is 5.61. The van der Waals surface area contributed by atoms with Gasteiger partial charge in [-0.05, 0) is 25.0 Å². The second-order valence-electron chi connectivity index (χ2n) is 5.10. The summed E-state index contributed by atoms with van der Waals surface area (Å²) in [5.41, 5.74) is 0.00738. The minimum Gasteiger partial charge on any atom is -0.467 e. The molecule has 1 aromatic heterocycles. The number of hydrogen-bond acceptors (Lipinski definition) is 5. The number of hydrogen-bond donors (Lipinski definition) is 1. The predicted octanol–water partition coefficient (Wildman–Crippen LogP) is 2.15. The van der Waals surface area contributed by atoms with Crippen molar-refractivity contribution in [2.24, 2.45) is 5.41 Å². The van der Waals surface area contributed by atoms with Crippen LogP contribution in [0.4, 0.5) is 5.82 Å². The SMILES string of the molecule is C[C@]1(COC=O)CCCN(c2cccc(S)n2)C1. The summed E-state index contributed by atoms with van der Waals surface area (Å²) in [5.74, 6) is 0.944. The van der Waals surface area contributed by atoms with E-state index >= 15 is 0 Å². The van der Waals surface area contributed by atoms with E-state index in [0.717, 1.165) is 36.8 Å². The molecule has 0 N–H and O–H groups in total. The molecule has 1 atom stereocenters. The molecule has 1 aliphatic heterocycles. The van der Waals surface area contributed by atoms with Crippen LogP contribution >= 0.6 is 12.6 Å². The summed E-state index contributed by atoms with van der Waals surface area (Å²) in [4.78, 5) is 17.0. The lowest BCUT2D eigenvalue weighted by Crippen LogP contribution is -2.44. The van der Waals surface area contributed by atoms with E-state index in [2.05, 4.69) is 29.4 Å². The second-order valence-corrected chi connectivity index (χ2v) is 5.56. The third-order valence-corrected chi connectivity index (χ3v) is 3.57. The first-order chi connectivity index (χ1) is 8.63. The van der Waals surface area contributed by atoms with Gasteiger partial charge in [-0.2, -0.15) is 0 Å². The maximum absolute atomic E-state index is 10.3. The fourth-order valence-corrected chi connectivity index (χ4v) is 2.64. The van der Waals surface area contributed by atoms with Crippen molar-refractivity contribution in [2.45, 2.75) is 24.8 Å². The van der Waals surface area contributed by atoms with E-state index in [1.165, 1.54) is 0 Å². The van der Waals surface area contributed by atoms with Crippen LogP contribution in [-0.2, 0) is 9.53 Å². The van der Waals surface area contributed by atoms with Crippen molar-refractivity contribution in [2.75, 3.05) is 24.6 Å². The third kappa shape index (κ3) is 3.16. The number of nitrogens with zero attached hydrogens (tertiary/aromatic N) is 2. The number of rotatable bonds is 4. The van der Waals surface area contributed by atoms with Crippen LogP contribution in [0.25, 0.3) is 0 Å². The molecule has 0 radical (unpaired) electrons. The largest absolute Gasteiger partial charge is 0.467 e. The molecule has 0 aromatic carbocycles. The molecule has 1 aromatic rings. The van der Waals surface area contributed by atoms with Gasteiger partial charge in [-0.25, -0.2) is 4.98 Å². The van der Waals surface area contributed by atoms with Crippen molar-refractivity contribution >= 4 is 24.9 Å². The van der Waals surface area contributed by atoms with Gasteiger partial charge in [0.1, 0.15) is 5.82 Å². The van der Waals surface area contributed by atoms with Crippen LogP contribution in [0, 0.1) is 5.41 Å². The van der Waals surface area contributed by atoms with E-state index in [-0.39, 0.29) is 5.41 Å². The van der Waals surface area contributed by atoms with Crippen molar-refractivity contribution in [3.63, 3.8) is 0 Å². The van der Waals surface area contributed by atoms with Gasteiger partial charge in [0.05, 0.1) is 11.6 Å². The van der Waals surface area contributed by atoms with E-state index in [0.29, 0.717) is 13.1 Å². The van der Waals surface area contributed by atoms with Gasteiger partial charge in [0, 0.05) is 18.5 Å². The summed E-state index contributed by atoms with van der Waals surface area (Å²) in [6, 6.07) is 5.82. The molecule has 1 aliphatic rings. The first-order valence-electron chi connectivity index (χ1n) is 6.09. The Bertz CT molecular complexity index is 427. The zero-order valence-electron chi connectivity index (χ0n) is 10.5. The van der Waals surface area contributed by atoms with Gasteiger partial charge >= 0.3 is 0 Å². The standard InChI is InChI=1S/C13H18N2O2S/c1-13(9-17-10-16)6-3-7-15(8-13)11-4-2-5-12(18)14-11/h2,4-5,10H,3,6-9H2,1H3,(H,14,18)/t13-/m0/s1. The van der Waals surface area contributed by atoms with Crippen LogP contribution in [0.2, 0.25) is 0 Å².